The highest BCUT2D eigenvalue weighted by Gasteiger charge is 2.26. The lowest BCUT2D eigenvalue weighted by atomic mass is 10.1. The Morgan fingerprint density at radius 1 is 1.02 bits per heavy atom. The van der Waals surface area contributed by atoms with Gasteiger partial charge in [0.15, 0.2) is 5.65 Å². The van der Waals surface area contributed by atoms with Crippen LogP contribution in [0.25, 0.3) is 11.2 Å². The molecule has 54 heavy (non-hydrogen) atoms. The summed E-state index contributed by atoms with van der Waals surface area (Å²) in [5.74, 6) is 5.77. The molecule has 2 N–H and O–H groups in total. The highest BCUT2D eigenvalue weighted by atomic mass is 16.6. The van der Waals surface area contributed by atoms with E-state index in [4.69, 9.17) is 33.7 Å². The smallest absolute Gasteiger partial charge is 0.416 e. The molecule has 14 nitrogen and oxygen atoms in total. The number of aliphatic hydroxyl groups excluding tert-OH is 1. The molecule has 0 saturated carbocycles. The molecule has 1 atom stereocenters. The van der Waals surface area contributed by atoms with E-state index in [0.717, 1.165) is 25.2 Å². The van der Waals surface area contributed by atoms with Crippen molar-refractivity contribution >= 4 is 23.3 Å². The number of fused-ring (bicyclic) bond motifs is 1. The zero-order chi connectivity index (χ0) is 37.7. The predicted octanol–water partition coefficient (Wildman–Crippen LogP) is 3.48. The van der Waals surface area contributed by atoms with E-state index in [1.807, 2.05) is 36.4 Å². The second-order valence-electron chi connectivity index (χ2n) is 13.0. The first-order valence-electron chi connectivity index (χ1n) is 18.0. The molecule has 282 valence electrons. The van der Waals surface area contributed by atoms with Crippen molar-refractivity contribution in [1.82, 2.24) is 29.1 Å². The summed E-state index contributed by atoms with van der Waals surface area (Å²) in [6.45, 7) is 4.36. The minimum Gasteiger partial charge on any atom is -0.480 e. The van der Waals surface area contributed by atoms with Crippen LogP contribution in [0.2, 0.25) is 0 Å². The zero-order valence-corrected chi connectivity index (χ0v) is 30.3. The Morgan fingerprint density at radius 2 is 1.83 bits per heavy atom. The molecule has 6 rings (SSSR count). The first kappa shape index (κ1) is 38.3. The van der Waals surface area contributed by atoms with Crippen molar-refractivity contribution in [3.8, 4) is 17.7 Å². The van der Waals surface area contributed by atoms with Crippen LogP contribution in [0.4, 0.5) is 4.79 Å². The number of nitrogens with zero attached hydrogens (tertiary/aromatic N) is 6. The van der Waals surface area contributed by atoms with Crippen LogP contribution in [-0.2, 0) is 27.1 Å². The largest absolute Gasteiger partial charge is 0.480 e. The Morgan fingerprint density at radius 3 is 2.57 bits per heavy atom. The third-order valence-electron chi connectivity index (χ3n) is 9.02. The number of rotatable bonds is 19. The molecule has 4 heterocycles. The fourth-order valence-electron chi connectivity index (χ4n) is 6.17. The van der Waals surface area contributed by atoms with Crippen LogP contribution in [0, 0.1) is 11.8 Å². The number of amides is 1. The standard InChI is InChI=1S/C40H44N6O8/c1-43(36(47)28-52-29-37(48)49)16-9-18-45(19-10-17-44-20-23-51-24-21-44)40(50)54-39-34(26-32-15-8-22-53-32)42-38-33(25-30-11-4-2-5-12-30)41-35(27-46(38)39)31-13-6-3-7-14-31/h2-5,8,11-12,15,22,27,36,47H,9-10,16-21,23-26,28-29H2,1H3,(H,48,49). The van der Waals surface area contributed by atoms with Gasteiger partial charge in [0.25, 0.3) is 0 Å². The Labute approximate surface area is 313 Å². The maximum atomic E-state index is 14.3. The van der Waals surface area contributed by atoms with Crippen molar-refractivity contribution in [2.24, 2.45) is 0 Å². The molecule has 1 fully saturated rings. The lowest BCUT2D eigenvalue weighted by molar-refractivity contribution is -0.144. The number of likely N-dealkylation sites (N-methyl/N-ethyl adjacent to an activating group) is 1. The molecule has 0 spiro atoms. The number of carbonyl (C=O) groups is 2. The molecule has 2 aliphatic rings. The summed E-state index contributed by atoms with van der Waals surface area (Å²) in [7, 11) is 1.71. The van der Waals surface area contributed by atoms with Gasteiger partial charge in [-0.15, -0.1) is 0 Å². The number of ether oxygens (including phenoxy) is 3. The molecule has 0 radical (unpaired) electrons. The van der Waals surface area contributed by atoms with Gasteiger partial charge in [-0.3, -0.25) is 14.2 Å². The molecule has 1 aliphatic carbocycles. The van der Waals surface area contributed by atoms with E-state index in [9.17, 15) is 14.7 Å². The second-order valence-corrected chi connectivity index (χ2v) is 13.0. The number of aliphatic carboxylic acids is 1. The van der Waals surface area contributed by atoms with E-state index in [1.165, 1.54) is 0 Å². The van der Waals surface area contributed by atoms with Crippen molar-refractivity contribution in [2.75, 3.05) is 72.7 Å². The number of aromatic nitrogens is 3. The van der Waals surface area contributed by atoms with Crippen LogP contribution in [0.1, 0.15) is 41.2 Å². The number of allylic oxidation sites excluding steroid dienone is 2. The Hall–Kier alpha value is -5.48. The van der Waals surface area contributed by atoms with Crippen LogP contribution in [0.5, 0.6) is 5.88 Å². The SMILES string of the molecule is CN(CCCN(CCCN1CCOCC1)C(=O)Oc1c(Cc2ccco2)nc2c(Cc3ccccc3)nc(C3=C=C=CC#C3)cn12)C(O)COCC(=O)O. The molecule has 3 aromatic heterocycles. The minimum atomic E-state index is -1.11. The zero-order valence-electron chi connectivity index (χ0n) is 30.3. The Balaban J connectivity index is 1.29. The summed E-state index contributed by atoms with van der Waals surface area (Å²) in [4.78, 5) is 40.7. The summed E-state index contributed by atoms with van der Waals surface area (Å²) in [6, 6.07) is 13.6. The number of aliphatic hydroxyl groups is 1. The first-order chi connectivity index (χ1) is 26.3. The van der Waals surface area contributed by atoms with Crippen molar-refractivity contribution in [3.63, 3.8) is 0 Å². The van der Waals surface area contributed by atoms with E-state index in [-0.39, 0.29) is 18.9 Å². The molecule has 1 unspecified atom stereocenters. The maximum absolute atomic E-state index is 14.3. The van der Waals surface area contributed by atoms with Gasteiger partial charge in [-0.05, 0) is 37.6 Å². The highest BCUT2D eigenvalue weighted by Crippen LogP contribution is 2.29. The van der Waals surface area contributed by atoms with Gasteiger partial charge in [0.05, 0.1) is 38.2 Å². The predicted molar refractivity (Wildman–Crippen MR) is 198 cm³/mol. The third-order valence-corrected chi connectivity index (χ3v) is 9.02. The number of hydrogen-bond donors (Lipinski definition) is 2. The average Bonchev–Trinajstić information content (AvgIpc) is 3.83. The minimum absolute atomic E-state index is 0.154. The van der Waals surface area contributed by atoms with Crippen molar-refractivity contribution in [2.45, 2.75) is 31.9 Å². The number of carboxylic acids is 1. The molecule has 1 aromatic carbocycles. The fraction of sp³-hybridized carbons (Fsp3) is 0.400. The van der Waals surface area contributed by atoms with Crippen LogP contribution >= 0.6 is 0 Å². The number of hydrogen-bond acceptors (Lipinski definition) is 11. The summed E-state index contributed by atoms with van der Waals surface area (Å²) in [5.41, 5.74) is 9.82. The molecular weight excluding hydrogens is 692 g/mol. The van der Waals surface area contributed by atoms with Gasteiger partial charge in [0.1, 0.15) is 35.6 Å². The van der Waals surface area contributed by atoms with Gasteiger partial charge >= 0.3 is 12.1 Å². The maximum Gasteiger partial charge on any atom is 0.416 e. The normalized spacial score (nSPS) is 14.5. The second kappa shape index (κ2) is 19.0. The van der Waals surface area contributed by atoms with Gasteiger partial charge in [-0.25, -0.2) is 19.6 Å². The van der Waals surface area contributed by atoms with Crippen LogP contribution in [0.15, 0.2) is 76.9 Å². The van der Waals surface area contributed by atoms with Gasteiger partial charge in [-0.1, -0.05) is 53.6 Å². The number of furan rings is 1. The Kier molecular flexibility index (Phi) is 13.5. The quantitative estimate of drug-likeness (QED) is 0.0823. The molecule has 14 heteroatoms. The van der Waals surface area contributed by atoms with Crippen LogP contribution < -0.4 is 4.74 Å². The molecule has 0 bridgehead atoms. The third kappa shape index (κ3) is 10.6. The topological polar surface area (TPSA) is 155 Å². The molecule has 4 aromatic rings. The lowest BCUT2D eigenvalue weighted by Crippen LogP contribution is -2.41. The highest BCUT2D eigenvalue weighted by molar-refractivity contribution is 5.78. The van der Waals surface area contributed by atoms with Crippen molar-refractivity contribution < 1.29 is 38.4 Å². The molecule has 1 amide bonds. The van der Waals surface area contributed by atoms with E-state index in [0.29, 0.717) is 86.2 Å². The summed E-state index contributed by atoms with van der Waals surface area (Å²) >= 11 is 0. The van der Waals surface area contributed by atoms with E-state index in [1.54, 1.807) is 45.9 Å². The van der Waals surface area contributed by atoms with Crippen molar-refractivity contribution in [3.05, 3.63) is 101 Å². The monoisotopic (exact) mass is 736 g/mol. The van der Waals surface area contributed by atoms with Crippen LogP contribution in [-0.4, -0.2) is 130 Å². The van der Waals surface area contributed by atoms with Gasteiger partial charge in [0, 0.05) is 58.0 Å². The molecular formula is C40H44N6O8. The number of morpholine rings is 1. The van der Waals surface area contributed by atoms with Gasteiger partial charge in [0.2, 0.25) is 5.88 Å². The number of carboxylic acid groups (broad SMARTS) is 1. The van der Waals surface area contributed by atoms with Crippen molar-refractivity contribution in [1.29, 1.82) is 0 Å². The van der Waals surface area contributed by atoms with Gasteiger partial charge < -0.3 is 33.7 Å². The Bertz CT molecular complexity index is 2050. The summed E-state index contributed by atoms with van der Waals surface area (Å²) in [5, 5.41) is 19.3. The van der Waals surface area contributed by atoms with Gasteiger partial charge in [-0.2, -0.15) is 0 Å². The summed E-state index contributed by atoms with van der Waals surface area (Å²) in [6.07, 6.45) is 5.36. The number of benzene rings is 1. The molecule has 1 saturated heterocycles. The molecule has 1 aliphatic heterocycles. The van der Waals surface area contributed by atoms with E-state index < -0.39 is 24.9 Å². The first-order valence-corrected chi connectivity index (χ1v) is 18.0. The van der Waals surface area contributed by atoms with Crippen LogP contribution in [0.3, 0.4) is 0 Å². The van der Waals surface area contributed by atoms with E-state index in [2.05, 4.69) is 28.2 Å². The lowest BCUT2D eigenvalue weighted by Gasteiger charge is -2.29. The fourth-order valence-corrected chi connectivity index (χ4v) is 6.17. The number of imidazole rings is 1. The average molecular weight is 737 g/mol. The summed E-state index contributed by atoms with van der Waals surface area (Å²) < 4.78 is 24.4. The van der Waals surface area contributed by atoms with E-state index >= 15 is 0 Å². The number of carbonyl (C=O) groups excluding carboxylic acids is 1.